The summed E-state index contributed by atoms with van der Waals surface area (Å²) in [5, 5.41) is 0. The van der Waals surface area contributed by atoms with Crippen molar-refractivity contribution in [2.45, 2.75) is 6.92 Å². The van der Waals surface area contributed by atoms with Gasteiger partial charge in [-0.05, 0) is 31.2 Å². The Morgan fingerprint density at radius 1 is 1.39 bits per heavy atom. The molecule has 1 aromatic heterocycles. The van der Waals surface area contributed by atoms with E-state index in [1.807, 2.05) is 0 Å². The molecule has 0 amide bonds. The van der Waals surface area contributed by atoms with E-state index in [1.165, 1.54) is 18.2 Å². The molecular weight excluding hydrogens is 233 g/mol. The highest BCUT2D eigenvalue weighted by Gasteiger charge is 2.11. The Labute approximate surface area is 104 Å². The van der Waals surface area contributed by atoms with Gasteiger partial charge < -0.3 is 4.74 Å². The van der Waals surface area contributed by atoms with Crippen LogP contribution < -0.4 is 0 Å². The second kappa shape index (κ2) is 5.40. The first-order valence-electron chi connectivity index (χ1n) is 5.59. The smallest absolute Gasteiger partial charge is 0.338 e. The Bertz CT molecular complexity index is 555. The van der Waals surface area contributed by atoms with Crippen LogP contribution >= 0.6 is 0 Å². The molecule has 0 unspecified atom stereocenters. The molecule has 0 aliphatic heterocycles. The van der Waals surface area contributed by atoms with Gasteiger partial charge in [0.1, 0.15) is 5.82 Å². The van der Waals surface area contributed by atoms with Crippen molar-refractivity contribution in [2.24, 2.45) is 0 Å². The van der Waals surface area contributed by atoms with Gasteiger partial charge in [0.15, 0.2) is 0 Å². The van der Waals surface area contributed by atoms with E-state index >= 15 is 0 Å². The van der Waals surface area contributed by atoms with Crippen molar-refractivity contribution in [1.82, 2.24) is 4.98 Å². The van der Waals surface area contributed by atoms with Crippen LogP contribution in [0, 0.1) is 5.82 Å². The summed E-state index contributed by atoms with van der Waals surface area (Å²) in [5.74, 6) is -0.848. The van der Waals surface area contributed by atoms with E-state index in [4.69, 9.17) is 4.74 Å². The molecule has 0 bridgehead atoms. The average Bonchev–Trinajstić information content (AvgIpc) is 2.40. The topological polar surface area (TPSA) is 39.2 Å². The molecule has 92 valence electrons. The Morgan fingerprint density at radius 2 is 2.22 bits per heavy atom. The van der Waals surface area contributed by atoms with E-state index < -0.39 is 11.8 Å². The predicted molar refractivity (Wildman–Crippen MR) is 65.6 cm³/mol. The lowest BCUT2D eigenvalue weighted by molar-refractivity contribution is 0.0526. The number of rotatable bonds is 3. The fourth-order valence-electron chi connectivity index (χ4n) is 1.61. The molecule has 0 saturated carbocycles. The molecule has 0 atom stereocenters. The molecule has 3 nitrogen and oxygen atoms in total. The Kier molecular flexibility index (Phi) is 3.67. The van der Waals surface area contributed by atoms with Crippen LogP contribution in [-0.4, -0.2) is 17.6 Å². The third-order valence-electron chi connectivity index (χ3n) is 2.45. The number of hydrogen-bond donors (Lipinski definition) is 0. The lowest BCUT2D eigenvalue weighted by Crippen LogP contribution is -2.05. The highest BCUT2D eigenvalue weighted by molar-refractivity contribution is 5.91. The molecule has 2 aromatic rings. The molecule has 0 saturated heterocycles. The fourth-order valence-corrected chi connectivity index (χ4v) is 1.61. The molecule has 0 N–H and O–H groups in total. The maximum Gasteiger partial charge on any atom is 0.338 e. The predicted octanol–water partition coefficient (Wildman–Crippen LogP) is 3.06. The summed E-state index contributed by atoms with van der Waals surface area (Å²) < 4.78 is 18.6. The highest BCUT2D eigenvalue weighted by Crippen LogP contribution is 2.23. The molecular formula is C14H12FNO2. The standard InChI is InChI=1S/C14H12FNO2/c1-2-18-14(17)10-5-6-13(15)12(8-10)11-4-3-7-16-9-11/h3-9H,2H2,1H3. The molecule has 0 aliphatic rings. The maximum atomic E-state index is 13.7. The van der Waals surface area contributed by atoms with Crippen molar-refractivity contribution in [3.8, 4) is 11.1 Å². The zero-order valence-corrected chi connectivity index (χ0v) is 9.89. The number of aromatic nitrogens is 1. The number of pyridine rings is 1. The van der Waals surface area contributed by atoms with Crippen LogP contribution in [0.3, 0.4) is 0 Å². The second-order valence-electron chi connectivity index (χ2n) is 3.66. The van der Waals surface area contributed by atoms with E-state index in [0.29, 0.717) is 23.3 Å². The summed E-state index contributed by atoms with van der Waals surface area (Å²) >= 11 is 0. The van der Waals surface area contributed by atoms with Gasteiger partial charge in [-0.3, -0.25) is 4.98 Å². The van der Waals surface area contributed by atoms with E-state index in [1.54, 1.807) is 31.5 Å². The Balaban J connectivity index is 2.42. The molecule has 0 fully saturated rings. The zero-order valence-electron chi connectivity index (χ0n) is 9.89. The largest absolute Gasteiger partial charge is 0.462 e. The summed E-state index contributed by atoms with van der Waals surface area (Å²) in [6.07, 6.45) is 3.16. The average molecular weight is 245 g/mol. The van der Waals surface area contributed by atoms with Crippen molar-refractivity contribution in [3.63, 3.8) is 0 Å². The van der Waals surface area contributed by atoms with Gasteiger partial charge >= 0.3 is 5.97 Å². The quantitative estimate of drug-likeness (QED) is 0.780. The number of carbonyl (C=O) groups excluding carboxylic acids is 1. The summed E-state index contributed by atoms with van der Waals surface area (Å²) in [6, 6.07) is 7.60. The van der Waals surface area contributed by atoms with Gasteiger partial charge in [-0.25, -0.2) is 9.18 Å². The number of halogens is 1. The van der Waals surface area contributed by atoms with Crippen molar-refractivity contribution in [3.05, 3.63) is 54.1 Å². The molecule has 1 aromatic carbocycles. The number of esters is 1. The maximum absolute atomic E-state index is 13.7. The molecule has 2 rings (SSSR count). The van der Waals surface area contributed by atoms with Crippen molar-refractivity contribution in [2.75, 3.05) is 6.61 Å². The van der Waals surface area contributed by atoms with Crippen molar-refractivity contribution < 1.29 is 13.9 Å². The summed E-state index contributed by atoms with van der Waals surface area (Å²) in [7, 11) is 0. The molecule has 1 heterocycles. The molecule has 0 aliphatic carbocycles. The van der Waals surface area contributed by atoms with Crippen LogP contribution in [-0.2, 0) is 4.74 Å². The monoisotopic (exact) mass is 245 g/mol. The minimum atomic E-state index is -0.456. The molecule has 0 spiro atoms. The van der Waals surface area contributed by atoms with Gasteiger partial charge in [0.2, 0.25) is 0 Å². The molecule has 0 radical (unpaired) electrons. The van der Waals surface area contributed by atoms with Gasteiger partial charge in [0.05, 0.1) is 12.2 Å². The van der Waals surface area contributed by atoms with Gasteiger partial charge in [0, 0.05) is 23.5 Å². The van der Waals surface area contributed by atoms with Gasteiger partial charge in [0.25, 0.3) is 0 Å². The first-order valence-corrected chi connectivity index (χ1v) is 5.59. The summed E-state index contributed by atoms with van der Waals surface area (Å²) in [6.45, 7) is 2.02. The number of hydrogen-bond acceptors (Lipinski definition) is 3. The molecule has 4 heteroatoms. The van der Waals surface area contributed by atoms with Crippen LogP contribution in [0.25, 0.3) is 11.1 Å². The number of ether oxygens (including phenoxy) is 1. The Morgan fingerprint density at radius 3 is 2.89 bits per heavy atom. The summed E-state index contributed by atoms with van der Waals surface area (Å²) in [4.78, 5) is 15.5. The van der Waals surface area contributed by atoms with Crippen LogP contribution in [0.5, 0.6) is 0 Å². The van der Waals surface area contributed by atoms with Crippen LogP contribution in [0.15, 0.2) is 42.7 Å². The number of benzene rings is 1. The summed E-state index contributed by atoms with van der Waals surface area (Å²) in [5.41, 5.74) is 1.30. The lowest BCUT2D eigenvalue weighted by Gasteiger charge is -2.06. The molecule has 18 heavy (non-hydrogen) atoms. The van der Waals surface area contributed by atoms with Crippen LogP contribution in [0.2, 0.25) is 0 Å². The zero-order chi connectivity index (χ0) is 13.0. The SMILES string of the molecule is CCOC(=O)c1ccc(F)c(-c2cccnc2)c1. The Hall–Kier alpha value is -2.23. The lowest BCUT2D eigenvalue weighted by atomic mass is 10.0. The third kappa shape index (κ3) is 2.53. The van der Waals surface area contributed by atoms with Crippen molar-refractivity contribution in [1.29, 1.82) is 0 Å². The van der Waals surface area contributed by atoms with Gasteiger partial charge in [-0.1, -0.05) is 6.07 Å². The highest BCUT2D eigenvalue weighted by atomic mass is 19.1. The number of carbonyl (C=O) groups is 1. The first-order chi connectivity index (χ1) is 8.72. The second-order valence-corrected chi connectivity index (χ2v) is 3.66. The number of nitrogens with zero attached hydrogens (tertiary/aromatic N) is 1. The first kappa shape index (κ1) is 12.2. The van der Waals surface area contributed by atoms with E-state index in [2.05, 4.69) is 4.98 Å². The normalized spacial score (nSPS) is 10.1. The minimum Gasteiger partial charge on any atom is -0.462 e. The van der Waals surface area contributed by atoms with Gasteiger partial charge in [-0.15, -0.1) is 0 Å². The fraction of sp³-hybridized carbons (Fsp3) is 0.143. The van der Waals surface area contributed by atoms with E-state index in [9.17, 15) is 9.18 Å². The minimum absolute atomic E-state index is 0.290. The third-order valence-corrected chi connectivity index (χ3v) is 2.45. The van der Waals surface area contributed by atoms with Crippen LogP contribution in [0.4, 0.5) is 4.39 Å². The van der Waals surface area contributed by atoms with Crippen LogP contribution in [0.1, 0.15) is 17.3 Å². The van der Waals surface area contributed by atoms with E-state index in [0.717, 1.165) is 0 Å². The van der Waals surface area contributed by atoms with Gasteiger partial charge in [-0.2, -0.15) is 0 Å². The van der Waals surface area contributed by atoms with E-state index in [-0.39, 0.29) is 0 Å². The van der Waals surface area contributed by atoms with Crippen molar-refractivity contribution >= 4 is 5.97 Å².